The predicted octanol–water partition coefficient (Wildman–Crippen LogP) is 4.21. The predicted molar refractivity (Wildman–Crippen MR) is 153 cm³/mol. The number of aryl methyl sites for hydroxylation is 1. The minimum Gasteiger partial charge on any atom is -0.493 e. The molecule has 12 nitrogen and oxygen atoms in total. The molecule has 0 aliphatic heterocycles. The topological polar surface area (TPSA) is 151 Å². The van der Waals surface area contributed by atoms with Crippen LogP contribution in [0.5, 0.6) is 17.2 Å². The molecule has 0 radical (unpaired) electrons. The number of methoxy groups -OCH3 is 2. The summed E-state index contributed by atoms with van der Waals surface area (Å²) in [6.07, 6.45) is 2.14. The molecule has 2 aromatic heterocycles. The zero-order valence-corrected chi connectivity index (χ0v) is 23.5. The van der Waals surface area contributed by atoms with Crippen molar-refractivity contribution in [3.63, 3.8) is 0 Å². The third-order valence-electron chi connectivity index (χ3n) is 6.50. The second kappa shape index (κ2) is 12.2. The fourth-order valence-corrected chi connectivity index (χ4v) is 4.53. The van der Waals surface area contributed by atoms with Crippen LogP contribution in [0.25, 0.3) is 21.8 Å². The molecular formula is C30H28N4O8. The van der Waals surface area contributed by atoms with E-state index >= 15 is 0 Å². The normalized spacial score (nSPS) is 14.4. The summed E-state index contributed by atoms with van der Waals surface area (Å²) in [6, 6.07) is 8.35. The van der Waals surface area contributed by atoms with Crippen LogP contribution in [0.3, 0.4) is 0 Å². The molecule has 0 unspecified atom stereocenters. The number of Topliss-reactive ketones (excluding diaryl/α,β-unsaturated/α-hetero) is 1. The molecule has 2 aromatic carbocycles. The Morgan fingerprint density at radius 3 is 2.64 bits per heavy atom. The zero-order valence-electron chi connectivity index (χ0n) is 23.5. The van der Waals surface area contributed by atoms with E-state index < -0.39 is 17.5 Å². The van der Waals surface area contributed by atoms with E-state index in [2.05, 4.69) is 19.9 Å². The number of aliphatic imine (C=N–C) groups is 1. The van der Waals surface area contributed by atoms with Crippen LogP contribution in [0.4, 0.5) is 5.82 Å². The molecule has 42 heavy (non-hydrogen) atoms. The van der Waals surface area contributed by atoms with Crippen molar-refractivity contribution in [2.24, 2.45) is 4.99 Å². The number of ketones is 2. The standard InChI is InChI=1S/C30H28N4O8/c1-5-40-30(37)28-16(2)33-20-7-6-17(10-18(20)28)42-25-14-23(35)22(12-24(25)36)34-29-19-11-26(39-4)27(41-9-8-38-3)13-21(19)31-15-32-29/h6-7,10-11,13-15,33H,5,8-9,12H2,1-4H3. The van der Waals surface area contributed by atoms with E-state index in [0.717, 1.165) is 6.08 Å². The lowest BCUT2D eigenvalue weighted by Crippen LogP contribution is -2.26. The highest BCUT2D eigenvalue weighted by molar-refractivity contribution is 6.50. The second-order valence-electron chi connectivity index (χ2n) is 9.24. The van der Waals surface area contributed by atoms with Crippen LogP contribution < -0.4 is 14.2 Å². The second-order valence-corrected chi connectivity index (χ2v) is 9.24. The fourth-order valence-electron chi connectivity index (χ4n) is 4.53. The summed E-state index contributed by atoms with van der Waals surface area (Å²) in [7, 11) is 3.08. The molecule has 0 saturated heterocycles. The number of benzene rings is 2. The minimum absolute atomic E-state index is 0.00745. The van der Waals surface area contributed by atoms with Crippen LogP contribution >= 0.6 is 0 Å². The first-order valence-electron chi connectivity index (χ1n) is 13.1. The van der Waals surface area contributed by atoms with Gasteiger partial charge in [-0.15, -0.1) is 0 Å². The van der Waals surface area contributed by atoms with Crippen LogP contribution in [0, 0.1) is 6.92 Å². The maximum atomic E-state index is 13.0. The molecule has 0 fully saturated rings. The number of allylic oxidation sites excluding steroid dienone is 2. The van der Waals surface area contributed by atoms with Crippen LogP contribution in [0.15, 0.2) is 53.5 Å². The Morgan fingerprint density at radius 2 is 1.88 bits per heavy atom. The highest BCUT2D eigenvalue weighted by Crippen LogP contribution is 2.35. The molecule has 1 N–H and O–H groups in total. The van der Waals surface area contributed by atoms with Crippen LogP contribution in [-0.2, 0) is 19.1 Å². The van der Waals surface area contributed by atoms with Gasteiger partial charge in [-0.25, -0.2) is 19.8 Å². The monoisotopic (exact) mass is 572 g/mol. The SMILES string of the molecule is CCOC(=O)c1c(C)[nH]c2ccc(OC3=CC(=O)C(=Nc4ncnc5cc(OCCOC)c(OC)cc45)CC3=O)cc12. The van der Waals surface area contributed by atoms with E-state index in [1.165, 1.54) is 13.4 Å². The molecule has 1 aliphatic carbocycles. The molecular weight excluding hydrogens is 544 g/mol. The van der Waals surface area contributed by atoms with Gasteiger partial charge in [0.1, 0.15) is 18.7 Å². The average Bonchev–Trinajstić information content (AvgIpc) is 3.30. The van der Waals surface area contributed by atoms with Crippen LogP contribution in [0.1, 0.15) is 29.4 Å². The summed E-state index contributed by atoms with van der Waals surface area (Å²) in [5.41, 5.74) is 2.26. The van der Waals surface area contributed by atoms with Crippen molar-refractivity contribution in [3.8, 4) is 17.2 Å². The van der Waals surface area contributed by atoms with Gasteiger partial charge in [0.05, 0.1) is 43.5 Å². The molecule has 0 spiro atoms. The van der Waals surface area contributed by atoms with Gasteiger partial charge in [0.25, 0.3) is 0 Å². The summed E-state index contributed by atoms with van der Waals surface area (Å²) in [6.45, 7) is 4.45. The van der Waals surface area contributed by atoms with Crippen molar-refractivity contribution in [3.05, 3.63) is 59.8 Å². The van der Waals surface area contributed by atoms with Gasteiger partial charge in [-0.05, 0) is 38.1 Å². The number of esters is 1. The summed E-state index contributed by atoms with van der Waals surface area (Å²) < 4.78 is 27.2. The van der Waals surface area contributed by atoms with Gasteiger partial charge in [0.15, 0.2) is 23.1 Å². The van der Waals surface area contributed by atoms with Crippen molar-refractivity contribution in [1.82, 2.24) is 15.0 Å². The van der Waals surface area contributed by atoms with Gasteiger partial charge in [0.2, 0.25) is 11.6 Å². The van der Waals surface area contributed by atoms with E-state index in [4.69, 9.17) is 23.7 Å². The molecule has 0 saturated carbocycles. The molecule has 0 bridgehead atoms. The number of rotatable bonds is 10. The number of carbonyl (C=O) groups excluding carboxylic acids is 3. The fraction of sp³-hybridized carbons (Fsp3) is 0.267. The van der Waals surface area contributed by atoms with E-state index in [0.29, 0.717) is 57.8 Å². The smallest absolute Gasteiger partial charge is 0.340 e. The van der Waals surface area contributed by atoms with E-state index in [1.54, 1.807) is 51.3 Å². The first-order valence-corrected chi connectivity index (χ1v) is 13.1. The lowest BCUT2D eigenvalue weighted by molar-refractivity contribution is -0.118. The molecule has 12 heteroatoms. The van der Waals surface area contributed by atoms with Gasteiger partial charge in [-0.2, -0.15) is 0 Å². The number of nitrogens with zero attached hydrogens (tertiary/aromatic N) is 3. The summed E-state index contributed by atoms with van der Waals surface area (Å²) >= 11 is 0. The Kier molecular flexibility index (Phi) is 8.25. The van der Waals surface area contributed by atoms with Crippen molar-refractivity contribution in [1.29, 1.82) is 0 Å². The third-order valence-corrected chi connectivity index (χ3v) is 6.50. The Morgan fingerprint density at radius 1 is 1.05 bits per heavy atom. The minimum atomic E-state index is -0.492. The Balaban J connectivity index is 1.42. The van der Waals surface area contributed by atoms with Gasteiger partial charge >= 0.3 is 5.97 Å². The van der Waals surface area contributed by atoms with Crippen molar-refractivity contribution >= 4 is 50.9 Å². The number of H-pyrrole nitrogens is 1. The average molecular weight is 573 g/mol. The molecule has 5 rings (SSSR count). The molecule has 4 aromatic rings. The van der Waals surface area contributed by atoms with Gasteiger partial charge < -0.3 is 28.7 Å². The van der Waals surface area contributed by atoms with Crippen molar-refractivity contribution in [2.45, 2.75) is 20.3 Å². The highest BCUT2D eigenvalue weighted by atomic mass is 16.5. The number of ether oxygens (including phenoxy) is 5. The van der Waals surface area contributed by atoms with Crippen molar-refractivity contribution < 1.29 is 38.1 Å². The maximum Gasteiger partial charge on any atom is 0.340 e. The quantitative estimate of drug-likeness (QED) is 0.216. The number of nitrogens with one attached hydrogen (secondary N) is 1. The summed E-state index contributed by atoms with van der Waals surface area (Å²) in [5.74, 6) is -0.134. The summed E-state index contributed by atoms with van der Waals surface area (Å²) in [5, 5.41) is 1.10. The molecule has 1 aliphatic rings. The number of aromatic nitrogens is 3. The number of aromatic amines is 1. The van der Waals surface area contributed by atoms with Crippen molar-refractivity contribution in [2.75, 3.05) is 34.0 Å². The highest BCUT2D eigenvalue weighted by Gasteiger charge is 2.27. The van der Waals surface area contributed by atoms with Crippen LogP contribution in [-0.4, -0.2) is 72.2 Å². The number of fused-ring (bicyclic) bond motifs is 2. The van der Waals surface area contributed by atoms with Gasteiger partial charge in [-0.3, -0.25) is 9.59 Å². The van der Waals surface area contributed by atoms with Crippen LogP contribution in [0.2, 0.25) is 0 Å². The largest absolute Gasteiger partial charge is 0.493 e. The Hall–Kier alpha value is -5.10. The molecule has 216 valence electrons. The first kappa shape index (κ1) is 28.4. The van der Waals surface area contributed by atoms with E-state index in [1.807, 2.05) is 0 Å². The van der Waals surface area contributed by atoms with Gasteiger partial charge in [-0.1, -0.05) is 0 Å². The number of carbonyl (C=O) groups is 3. The first-order chi connectivity index (χ1) is 20.3. The Labute approximate surface area is 240 Å². The van der Waals surface area contributed by atoms with E-state index in [9.17, 15) is 14.4 Å². The third kappa shape index (κ3) is 5.70. The Bertz CT molecular complexity index is 1770. The molecule has 2 heterocycles. The summed E-state index contributed by atoms with van der Waals surface area (Å²) in [4.78, 5) is 54.6. The molecule has 0 atom stereocenters. The zero-order chi connectivity index (χ0) is 29.8. The lowest BCUT2D eigenvalue weighted by Gasteiger charge is -2.15. The molecule has 0 amide bonds. The van der Waals surface area contributed by atoms with Gasteiger partial charge in [0, 0.05) is 41.2 Å². The number of hydrogen-bond acceptors (Lipinski definition) is 11. The lowest BCUT2D eigenvalue weighted by atomic mass is 10.0. The number of hydrogen-bond donors (Lipinski definition) is 1. The maximum absolute atomic E-state index is 13.0. The van der Waals surface area contributed by atoms with E-state index in [-0.39, 0.29) is 36.1 Å².